The Morgan fingerprint density at radius 1 is 0.414 bits per heavy atom. The minimum Gasteiger partial charge on any atom is -0.396 e. The lowest BCUT2D eigenvalue weighted by Crippen LogP contribution is -1.95. The first-order valence-corrected chi connectivity index (χ1v) is 13.9. The summed E-state index contributed by atoms with van der Waals surface area (Å²) < 4.78 is 0. The van der Waals surface area contributed by atoms with Crippen LogP contribution in [0, 0.1) is 5.92 Å². The van der Waals surface area contributed by atoms with E-state index >= 15 is 0 Å². The first-order chi connectivity index (χ1) is 14.3. The van der Waals surface area contributed by atoms with Gasteiger partial charge in [0.05, 0.1) is 0 Å². The van der Waals surface area contributed by atoms with Crippen molar-refractivity contribution >= 4 is 0 Å². The standard InChI is InChI=1S/C28H58O/c1-3-4-5-6-7-8-9-10-13-16-19-22-25-28(2)26-23-20-17-14-11-12-15-18-21-24-27-29/h28-29H,3-27H2,1-2H3. The minimum absolute atomic E-state index is 0.373. The average Bonchev–Trinajstić information content (AvgIpc) is 2.72. The van der Waals surface area contributed by atoms with Crippen LogP contribution >= 0.6 is 0 Å². The summed E-state index contributed by atoms with van der Waals surface area (Å²) in [5, 5.41) is 8.76. The highest BCUT2D eigenvalue weighted by molar-refractivity contribution is 4.56. The molecule has 1 atom stereocenters. The number of aliphatic hydroxyl groups is 1. The largest absolute Gasteiger partial charge is 0.396 e. The van der Waals surface area contributed by atoms with Gasteiger partial charge in [-0.05, 0) is 12.3 Å². The van der Waals surface area contributed by atoms with Gasteiger partial charge in [0, 0.05) is 6.61 Å². The van der Waals surface area contributed by atoms with Crippen LogP contribution in [0.15, 0.2) is 0 Å². The zero-order valence-electron chi connectivity index (χ0n) is 20.7. The van der Waals surface area contributed by atoms with Crippen molar-refractivity contribution in [2.45, 2.75) is 168 Å². The average molecular weight is 411 g/mol. The maximum atomic E-state index is 8.76. The third-order valence-electron chi connectivity index (χ3n) is 6.66. The van der Waals surface area contributed by atoms with Crippen LogP contribution in [-0.2, 0) is 0 Å². The molecule has 1 unspecified atom stereocenters. The third-order valence-corrected chi connectivity index (χ3v) is 6.66. The molecule has 176 valence electrons. The van der Waals surface area contributed by atoms with E-state index in [2.05, 4.69) is 13.8 Å². The smallest absolute Gasteiger partial charge is 0.0431 e. The van der Waals surface area contributed by atoms with Gasteiger partial charge in [0.15, 0.2) is 0 Å². The lowest BCUT2D eigenvalue weighted by Gasteiger charge is -2.11. The monoisotopic (exact) mass is 410 g/mol. The topological polar surface area (TPSA) is 20.2 Å². The molecular weight excluding hydrogens is 352 g/mol. The summed E-state index contributed by atoms with van der Waals surface area (Å²) in [5.41, 5.74) is 0. The molecule has 0 spiro atoms. The van der Waals surface area contributed by atoms with Crippen LogP contribution in [0.3, 0.4) is 0 Å². The van der Waals surface area contributed by atoms with Gasteiger partial charge in [-0.15, -0.1) is 0 Å². The highest BCUT2D eigenvalue weighted by Gasteiger charge is 2.02. The van der Waals surface area contributed by atoms with Crippen LogP contribution in [0.2, 0.25) is 0 Å². The van der Waals surface area contributed by atoms with E-state index in [0.29, 0.717) is 6.61 Å². The summed E-state index contributed by atoms with van der Waals surface area (Å²) in [4.78, 5) is 0. The molecule has 0 bridgehead atoms. The first kappa shape index (κ1) is 29.0. The van der Waals surface area contributed by atoms with E-state index in [4.69, 9.17) is 5.11 Å². The Kier molecular flexibility index (Phi) is 26.0. The summed E-state index contributed by atoms with van der Waals surface area (Å²) in [6, 6.07) is 0. The third kappa shape index (κ3) is 25.9. The molecule has 0 aromatic carbocycles. The van der Waals surface area contributed by atoms with Gasteiger partial charge in [0.25, 0.3) is 0 Å². The Hall–Kier alpha value is -0.0400. The first-order valence-electron chi connectivity index (χ1n) is 13.9. The molecule has 1 heteroatoms. The molecule has 0 aromatic rings. The predicted molar refractivity (Wildman–Crippen MR) is 133 cm³/mol. The van der Waals surface area contributed by atoms with Crippen LogP contribution < -0.4 is 0 Å². The molecule has 0 aliphatic rings. The number of rotatable bonds is 25. The molecule has 1 nitrogen and oxygen atoms in total. The van der Waals surface area contributed by atoms with Crippen molar-refractivity contribution in [1.29, 1.82) is 0 Å². The fourth-order valence-electron chi connectivity index (χ4n) is 4.50. The van der Waals surface area contributed by atoms with Crippen molar-refractivity contribution in [2.75, 3.05) is 6.61 Å². The Morgan fingerprint density at radius 3 is 1.00 bits per heavy atom. The number of unbranched alkanes of at least 4 members (excludes halogenated alkanes) is 20. The van der Waals surface area contributed by atoms with Crippen LogP contribution in [0.4, 0.5) is 0 Å². The predicted octanol–water partition coefficient (Wildman–Crippen LogP) is 10.00. The zero-order chi connectivity index (χ0) is 21.3. The van der Waals surface area contributed by atoms with Crippen LogP contribution in [-0.4, -0.2) is 11.7 Å². The normalized spacial score (nSPS) is 12.5. The molecule has 1 N–H and O–H groups in total. The summed E-state index contributed by atoms with van der Waals surface area (Å²) in [7, 11) is 0. The second-order valence-electron chi connectivity index (χ2n) is 9.83. The van der Waals surface area contributed by atoms with Gasteiger partial charge < -0.3 is 5.11 Å². The molecule has 0 radical (unpaired) electrons. The fourth-order valence-corrected chi connectivity index (χ4v) is 4.50. The quantitative estimate of drug-likeness (QED) is 0.148. The van der Waals surface area contributed by atoms with Gasteiger partial charge in [-0.2, -0.15) is 0 Å². The van der Waals surface area contributed by atoms with Gasteiger partial charge in [0.2, 0.25) is 0 Å². The number of hydrogen-bond acceptors (Lipinski definition) is 1. The highest BCUT2D eigenvalue weighted by atomic mass is 16.2. The maximum Gasteiger partial charge on any atom is 0.0431 e. The Labute approximate surface area is 185 Å². The fraction of sp³-hybridized carbons (Fsp3) is 1.00. The molecule has 0 amide bonds. The van der Waals surface area contributed by atoms with E-state index in [-0.39, 0.29) is 0 Å². The molecule has 0 saturated carbocycles. The molecule has 0 aliphatic heterocycles. The number of hydrogen-bond donors (Lipinski definition) is 1. The molecule has 0 aliphatic carbocycles. The molecule has 0 fully saturated rings. The Morgan fingerprint density at radius 2 is 0.690 bits per heavy atom. The lowest BCUT2D eigenvalue weighted by atomic mass is 9.95. The summed E-state index contributed by atoms with van der Waals surface area (Å²) >= 11 is 0. The molecular formula is C28H58O. The highest BCUT2D eigenvalue weighted by Crippen LogP contribution is 2.19. The van der Waals surface area contributed by atoms with Crippen molar-refractivity contribution in [2.24, 2.45) is 5.92 Å². The maximum absolute atomic E-state index is 8.76. The number of aliphatic hydroxyl groups excluding tert-OH is 1. The van der Waals surface area contributed by atoms with E-state index < -0.39 is 0 Å². The molecule has 0 aromatic heterocycles. The Bertz CT molecular complexity index is 275. The van der Waals surface area contributed by atoms with Crippen molar-refractivity contribution in [3.8, 4) is 0 Å². The van der Waals surface area contributed by atoms with Crippen LogP contribution in [0.5, 0.6) is 0 Å². The van der Waals surface area contributed by atoms with Gasteiger partial charge in [-0.25, -0.2) is 0 Å². The minimum atomic E-state index is 0.373. The van der Waals surface area contributed by atoms with Crippen molar-refractivity contribution < 1.29 is 5.11 Å². The van der Waals surface area contributed by atoms with Gasteiger partial charge in [-0.1, -0.05) is 162 Å². The molecule has 0 saturated heterocycles. The zero-order valence-corrected chi connectivity index (χ0v) is 20.7. The van der Waals surface area contributed by atoms with Crippen LogP contribution in [0.1, 0.15) is 168 Å². The van der Waals surface area contributed by atoms with Gasteiger partial charge >= 0.3 is 0 Å². The van der Waals surface area contributed by atoms with E-state index in [9.17, 15) is 0 Å². The van der Waals surface area contributed by atoms with Gasteiger partial charge in [-0.3, -0.25) is 0 Å². The summed E-state index contributed by atoms with van der Waals surface area (Å²) in [5.74, 6) is 0.949. The van der Waals surface area contributed by atoms with Crippen molar-refractivity contribution in [1.82, 2.24) is 0 Å². The molecule has 0 heterocycles. The van der Waals surface area contributed by atoms with E-state index in [1.807, 2.05) is 0 Å². The van der Waals surface area contributed by atoms with E-state index in [0.717, 1.165) is 12.3 Å². The molecule has 0 rings (SSSR count). The van der Waals surface area contributed by atoms with Crippen molar-refractivity contribution in [3.05, 3.63) is 0 Å². The van der Waals surface area contributed by atoms with E-state index in [1.54, 1.807) is 0 Å². The molecule has 29 heavy (non-hydrogen) atoms. The Balaban J connectivity index is 3.12. The second kappa shape index (κ2) is 26.0. The van der Waals surface area contributed by atoms with Crippen molar-refractivity contribution in [3.63, 3.8) is 0 Å². The van der Waals surface area contributed by atoms with E-state index in [1.165, 1.54) is 148 Å². The summed E-state index contributed by atoms with van der Waals surface area (Å²) in [6.45, 7) is 5.15. The summed E-state index contributed by atoms with van der Waals surface area (Å²) in [6.07, 6.45) is 34.0. The van der Waals surface area contributed by atoms with Crippen LogP contribution in [0.25, 0.3) is 0 Å². The SMILES string of the molecule is CCCCCCCCCCCCCCC(C)CCCCCCCCCCCCO. The van der Waals surface area contributed by atoms with Gasteiger partial charge in [0.1, 0.15) is 0 Å². The lowest BCUT2D eigenvalue weighted by molar-refractivity contribution is 0.282. The second-order valence-corrected chi connectivity index (χ2v) is 9.83.